The Morgan fingerprint density at radius 1 is 1.20 bits per heavy atom. The first kappa shape index (κ1) is 21.8. The smallest absolute Gasteiger partial charge is 0.341 e. The molecule has 0 bridgehead atoms. The Bertz CT molecular complexity index is 985. The molecule has 160 valence electrons. The molecule has 3 N–H and O–H groups in total. The van der Waals surface area contributed by atoms with E-state index in [9.17, 15) is 14.4 Å². The maximum atomic E-state index is 13.4. The van der Waals surface area contributed by atoms with E-state index < -0.39 is 23.3 Å². The molecule has 0 aliphatic carbocycles. The predicted molar refractivity (Wildman–Crippen MR) is 109 cm³/mol. The number of nitrogens with two attached hydrogens (primary N) is 1. The van der Waals surface area contributed by atoms with Crippen molar-refractivity contribution >= 4 is 39.5 Å². The van der Waals surface area contributed by atoms with Crippen LogP contribution in [0.15, 0.2) is 45.5 Å². The summed E-state index contributed by atoms with van der Waals surface area (Å²) in [6, 6.07) is 5.02. The van der Waals surface area contributed by atoms with E-state index in [0.29, 0.717) is 15.7 Å². The number of carbonyl (C=O) groups is 3. The number of rotatable bonds is 6. The SMILES string of the molecule is CCOC(=O)C1=C(N)OC(C)=C(C(=O)OCCOC)[C@@]12C(=O)Nc1ccc(Br)cc12. The van der Waals surface area contributed by atoms with E-state index in [0.717, 1.165) is 0 Å². The minimum atomic E-state index is -1.89. The molecule has 1 atom stereocenters. The summed E-state index contributed by atoms with van der Waals surface area (Å²) in [6.07, 6.45) is 0. The van der Waals surface area contributed by atoms with Crippen LogP contribution in [0, 0.1) is 0 Å². The van der Waals surface area contributed by atoms with Gasteiger partial charge >= 0.3 is 11.9 Å². The van der Waals surface area contributed by atoms with Crippen LogP contribution in [-0.2, 0) is 38.7 Å². The van der Waals surface area contributed by atoms with Gasteiger partial charge in [0, 0.05) is 22.8 Å². The molecule has 30 heavy (non-hydrogen) atoms. The van der Waals surface area contributed by atoms with Crippen LogP contribution in [-0.4, -0.2) is 44.8 Å². The molecule has 10 heteroatoms. The second-order valence-corrected chi connectivity index (χ2v) is 7.43. The van der Waals surface area contributed by atoms with Crippen LogP contribution < -0.4 is 11.1 Å². The molecule has 1 spiro atoms. The monoisotopic (exact) mass is 480 g/mol. The molecule has 0 saturated heterocycles. The predicted octanol–water partition coefficient (Wildman–Crippen LogP) is 1.87. The van der Waals surface area contributed by atoms with Crippen molar-refractivity contribution in [1.29, 1.82) is 0 Å². The van der Waals surface area contributed by atoms with Crippen molar-refractivity contribution in [1.82, 2.24) is 0 Å². The van der Waals surface area contributed by atoms with Crippen LogP contribution in [0.4, 0.5) is 5.69 Å². The summed E-state index contributed by atoms with van der Waals surface area (Å²) in [5, 5.41) is 2.73. The molecular weight excluding hydrogens is 460 g/mol. The molecule has 9 nitrogen and oxygen atoms in total. The van der Waals surface area contributed by atoms with Crippen molar-refractivity contribution in [2.75, 3.05) is 32.2 Å². The van der Waals surface area contributed by atoms with Gasteiger partial charge in [-0.2, -0.15) is 0 Å². The lowest BCUT2D eigenvalue weighted by Crippen LogP contribution is -2.48. The van der Waals surface area contributed by atoms with Gasteiger partial charge in [0.1, 0.15) is 28.9 Å². The van der Waals surface area contributed by atoms with Crippen LogP contribution in [0.2, 0.25) is 0 Å². The molecule has 1 amide bonds. The second kappa shape index (κ2) is 8.49. The minimum absolute atomic E-state index is 0.0367. The maximum absolute atomic E-state index is 13.4. The molecule has 2 heterocycles. The molecule has 3 rings (SSSR count). The van der Waals surface area contributed by atoms with E-state index in [-0.39, 0.29) is 42.6 Å². The minimum Gasteiger partial charge on any atom is -0.462 e. The zero-order valence-electron chi connectivity index (χ0n) is 16.7. The number of ether oxygens (including phenoxy) is 4. The number of nitrogens with one attached hydrogen (secondary N) is 1. The number of benzene rings is 1. The Hall–Kier alpha value is -2.85. The van der Waals surface area contributed by atoms with Crippen molar-refractivity contribution in [2.45, 2.75) is 19.3 Å². The number of hydrogen-bond donors (Lipinski definition) is 2. The Labute approximate surface area is 181 Å². The molecule has 0 fully saturated rings. The fourth-order valence-electron chi connectivity index (χ4n) is 3.65. The summed E-state index contributed by atoms with van der Waals surface area (Å²) in [7, 11) is 1.46. The number of amides is 1. The topological polar surface area (TPSA) is 126 Å². The number of methoxy groups -OCH3 is 1. The average molecular weight is 481 g/mol. The molecule has 0 unspecified atom stereocenters. The summed E-state index contributed by atoms with van der Waals surface area (Å²) in [5.74, 6) is -2.61. The lowest BCUT2D eigenvalue weighted by atomic mass is 9.67. The highest BCUT2D eigenvalue weighted by Gasteiger charge is 2.61. The third-order valence-corrected chi connectivity index (χ3v) is 5.28. The Kier molecular flexibility index (Phi) is 6.18. The molecule has 2 aliphatic heterocycles. The summed E-state index contributed by atoms with van der Waals surface area (Å²) >= 11 is 3.38. The van der Waals surface area contributed by atoms with Gasteiger partial charge in [0.25, 0.3) is 0 Å². The Balaban J connectivity index is 2.29. The first-order valence-corrected chi connectivity index (χ1v) is 9.92. The Morgan fingerprint density at radius 3 is 2.57 bits per heavy atom. The number of anilines is 1. The van der Waals surface area contributed by atoms with Gasteiger partial charge in [-0.25, -0.2) is 9.59 Å². The first-order valence-electron chi connectivity index (χ1n) is 9.13. The summed E-state index contributed by atoms with van der Waals surface area (Å²) in [5.41, 5.74) is 4.53. The van der Waals surface area contributed by atoms with E-state index in [1.807, 2.05) is 0 Å². The summed E-state index contributed by atoms with van der Waals surface area (Å²) < 4.78 is 21.5. The fraction of sp³-hybridized carbons (Fsp3) is 0.350. The zero-order chi connectivity index (χ0) is 22.1. The van der Waals surface area contributed by atoms with Crippen LogP contribution in [0.1, 0.15) is 19.4 Å². The molecule has 0 aromatic heterocycles. The van der Waals surface area contributed by atoms with Crippen LogP contribution in [0.3, 0.4) is 0 Å². The van der Waals surface area contributed by atoms with Crippen LogP contribution >= 0.6 is 15.9 Å². The number of carbonyl (C=O) groups excluding carboxylic acids is 3. The van der Waals surface area contributed by atoms with Gasteiger partial charge in [0.2, 0.25) is 11.8 Å². The normalized spacial score (nSPS) is 20.1. The first-order chi connectivity index (χ1) is 14.3. The van der Waals surface area contributed by atoms with Crippen LogP contribution in [0.25, 0.3) is 0 Å². The van der Waals surface area contributed by atoms with Gasteiger partial charge in [-0.1, -0.05) is 15.9 Å². The molecule has 1 aromatic rings. The number of fused-ring (bicyclic) bond motifs is 2. The highest BCUT2D eigenvalue weighted by atomic mass is 79.9. The van der Waals surface area contributed by atoms with Gasteiger partial charge in [-0.15, -0.1) is 0 Å². The summed E-state index contributed by atoms with van der Waals surface area (Å²) in [6.45, 7) is 3.24. The quantitative estimate of drug-likeness (QED) is 0.466. The molecular formula is C20H21BrN2O7. The van der Waals surface area contributed by atoms with Gasteiger partial charge in [0.05, 0.1) is 13.2 Å². The van der Waals surface area contributed by atoms with E-state index in [1.165, 1.54) is 14.0 Å². The third-order valence-electron chi connectivity index (χ3n) is 4.79. The van der Waals surface area contributed by atoms with Crippen molar-refractivity contribution in [2.24, 2.45) is 5.73 Å². The number of hydrogen-bond acceptors (Lipinski definition) is 8. The van der Waals surface area contributed by atoms with Gasteiger partial charge < -0.3 is 30.0 Å². The van der Waals surface area contributed by atoms with Crippen molar-refractivity contribution in [3.63, 3.8) is 0 Å². The van der Waals surface area contributed by atoms with E-state index in [2.05, 4.69) is 21.2 Å². The number of halogens is 1. The second-order valence-electron chi connectivity index (χ2n) is 6.52. The molecule has 0 radical (unpaired) electrons. The number of esters is 2. The van der Waals surface area contributed by atoms with E-state index >= 15 is 0 Å². The van der Waals surface area contributed by atoms with Crippen molar-refractivity contribution in [3.8, 4) is 0 Å². The van der Waals surface area contributed by atoms with Gasteiger partial charge in [-0.3, -0.25) is 4.79 Å². The maximum Gasteiger partial charge on any atom is 0.341 e. The van der Waals surface area contributed by atoms with Gasteiger partial charge in [-0.05, 0) is 32.0 Å². The lowest BCUT2D eigenvalue weighted by molar-refractivity contribution is -0.144. The fourth-order valence-corrected chi connectivity index (χ4v) is 4.02. The van der Waals surface area contributed by atoms with E-state index in [1.54, 1.807) is 25.1 Å². The van der Waals surface area contributed by atoms with Gasteiger partial charge in [0.15, 0.2) is 0 Å². The highest BCUT2D eigenvalue weighted by molar-refractivity contribution is 9.10. The number of allylic oxidation sites excluding steroid dienone is 1. The largest absolute Gasteiger partial charge is 0.462 e. The van der Waals surface area contributed by atoms with Crippen molar-refractivity contribution < 1.29 is 33.3 Å². The van der Waals surface area contributed by atoms with Crippen molar-refractivity contribution in [3.05, 3.63) is 51.0 Å². The molecule has 1 aromatic carbocycles. The lowest BCUT2D eigenvalue weighted by Gasteiger charge is -2.35. The molecule has 2 aliphatic rings. The van der Waals surface area contributed by atoms with Crippen LogP contribution in [0.5, 0.6) is 0 Å². The Morgan fingerprint density at radius 2 is 1.90 bits per heavy atom. The third kappa shape index (κ3) is 3.35. The molecule has 0 saturated carbocycles. The standard InChI is InChI=1S/C20H21BrN2O7/c1-4-28-18(25)15-16(22)30-10(2)14(17(24)29-8-7-27-3)20(15)12-9-11(21)5-6-13(12)23-19(20)26/h5-6,9H,4,7-8,22H2,1-3H3,(H,23,26)/t20-/m1/s1. The highest BCUT2D eigenvalue weighted by Crippen LogP contribution is 2.53. The zero-order valence-corrected chi connectivity index (χ0v) is 18.3. The summed E-state index contributed by atoms with van der Waals surface area (Å²) in [4.78, 5) is 39.4. The van der Waals surface area contributed by atoms with E-state index in [4.69, 9.17) is 24.7 Å². The average Bonchev–Trinajstić information content (AvgIpc) is 2.94.